The molecule has 0 unspecified atom stereocenters. The second-order valence-electron chi connectivity index (χ2n) is 11.1. The standard InChI is InChI=1S/C31H36N4O6/c36-30(17-11-22-3-1-5-28(20-22)34(38)39)32-26-13-7-24(8-14-26)19-25-9-15-27(16-10-25)33-31(37)18-12-23-4-2-6-29(21-23)35(40)41/h1-6,11-12,17-18,20-21,24-27H,7-10,13-16,19H2,(H,32,36)(H,33,37)/b17-11+,18-12+. The third kappa shape index (κ3) is 9.37. The fourth-order valence-electron chi connectivity index (χ4n) is 5.88. The predicted octanol–water partition coefficient (Wildman–Crippen LogP) is 5.97. The Morgan fingerprint density at radius 3 is 1.44 bits per heavy atom. The number of nitrogens with one attached hydrogen (secondary N) is 2. The van der Waals surface area contributed by atoms with Crippen molar-refractivity contribution in [1.29, 1.82) is 0 Å². The first-order valence-electron chi connectivity index (χ1n) is 14.2. The molecule has 0 heterocycles. The number of benzene rings is 2. The van der Waals surface area contributed by atoms with Gasteiger partial charge in [-0.2, -0.15) is 0 Å². The molecule has 0 atom stereocenters. The Morgan fingerprint density at radius 2 is 1.07 bits per heavy atom. The average Bonchev–Trinajstić information content (AvgIpc) is 2.97. The minimum absolute atomic E-state index is 0.00303. The monoisotopic (exact) mass is 560 g/mol. The van der Waals surface area contributed by atoms with Gasteiger partial charge in [0.1, 0.15) is 0 Å². The van der Waals surface area contributed by atoms with E-state index < -0.39 is 9.85 Å². The number of carbonyl (C=O) groups is 2. The predicted molar refractivity (Wildman–Crippen MR) is 157 cm³/mol. The molecule has 2 fully saturated rings. The van der Waals surface area contributed by atoms with E-state index >= 15 is 0 Å². The third-order valence-electron chi connectivity index (χ3n) is 8.07. The number of rotatable bonds is 10. The van der Waals surface area contributed by atoms with Crippen molar-refractivity contribution in [2.45, 2.75) is 69.9 Å². The molecule has 0 aliphatic heterocycles. The van der Waals surface area contributed by atoms with Crippen LogP contribution in [0.1, 0.15) is 68.9 Å². The Morgan fingerprint density at radius 1 is 0.683 bits per heavy atom. The highest BCUT2D eigenvalue weighted by Crippen LogP contribution is 2.35. The second-order valence-corrected chi connectivity index (χ2v) is 11.1. The van der Waals surface area contributed by atoms with Gasteiger partial charge in [-0.15, -0.1) is 0 Å². The van der Waals surface area contributed by atoms with Gasteiger partial charge in [0.05, 0.1) is 9.85 Å². The first-order valence-corrected chi connectivity index (χ1v) is 14.2. The molecule has 216 valence electrons. The lowest BCUT2D eigenvalue weighted by Gasteiger charge is -2.34. The van der Waals surface area contributed by atoms with Crippen LogP contribution >= 0.6 is 0 Å². The van der Waals surface area contributed by atoms with Crippen molar-refractivity contribution >= 4 is 35.3 Å². The molecule has 2 aromatic carbocycles. The van der Waals surface area contributed by atoms with Crippen LogP contribution in [0, 0.1) is 32.1 Å². The lowest BCUT2D eigenvalue weighted by Crippen LogP contribution is -2.38. The molecule has 0 spiro atoms. The van der Waals surface area contributed by atoms with Gasteiger partial charge in [0.2, 0.25) is 11.8 Å². The summed E-state index contributed by atoms with van der Waals surface area (Å²) in [6.07, 6.45) is 15.4. The van der Waals surface area contributed by atoms with Gasteiger partial charge in [-0.1, -0.05) is 24.3 Å². The van der Waals surface area contributed by atoms with Crippen LogP contribution < -0.4 is 10.6 Å². The number of nitro benzene ring substituents is 2. The van der Waals surface area contributed by atoms with Gasteiger partial charge in [0.15, 0.2) is 0 Å². The molecule has 2 N–H and O–H groups in total. The van der Waals surface area contributed by atoms with Gasteiger partial charge < -0.3 is 10.6 Å². The topological polar surface area (TPSA) is 144 Å². The van der Waals surface area contributed by atoms with Gasteiger partial charge in [0, 0.05) is 48.5 Å². The Balaban J connectivity index is 1.12. The first-order chi connectivity index (χ1) is 19.7. The molecule has 0 aromatic heterocycles. The maximum atomic E-state index is 12.4. The molecule has 0 saturated heterocycles. The zero-order valence-corrected chi connectivity index (χ0v) is 22.9. The molecule has 2 aliphatic carbocycles. The quantitative estimate of drug-likeness (QED) is 0.208. The van der Waals surface area contributed by atoms with Crippen LogP contribution in [0.15, 0.2) is 60.7 Å². The van der Waals surface area contributed by atoms with Crippen LogP contribution in [0.25, 0.3) is 12.2 Å². The van der Waals surface area contributed by atoms with E-state index in [1.165, 1.54) is 42.8 Å². The summed E-state index contributed by atoms with van der Waals surface area (Å²) < 4.78 is 0. The Kier molecular flexibility index (Phi) is 10.4. The lowest BCUT2D eigenvalue weighted by atomic mass is 9.75. The summed E-state index contributed by atoms with van der Waals surface area (Å²) in [6, 6.07) is 12.7. The van der Waals surface area contributed by atoms with Gasteiger partial charge in [-0.3, -0.25) is 29.8 Å². The highest BCUT2D eigenvalue weighted by Gasteiger charge is 2.27. The minimum atomic E-state index is -0.453. The molecule has 2 aliphatic rings. The van der Waals surface area contributed by atoms with Crippen molar-refractivity contribution in [2.24, 2.45) is 11.8 Å². The summed E-state index contributed by atoms with van der Waals surface area (Å²) >= 11 is 0. The van der Waals surface area contributed by atoms with Crippen LogP contribution in [0.2, 0.25) is 0 Å². The maximum absolute atomic E-state index is 12.4. The highest BCUT2D eigenvalue weighted by atomic mass is 16.6. The average molecular weight is 561 g/mol. The molecular formula is C31H36N4O6. The summed E-state index contributed by atoms with van der Waals surface area (Å²) in [5.41, 5.74) is 1.22. The van der Waals surface area contributed by atoms with Gasteiger partial charge in [-0.05, 0) is 92.9 Å². The molecule has 10 nitrogen and oxygen atoms in total. The van der Waals surface area contributed by atoms with E-state index in [2.05, 4.69) is 10.6 Å². The van der Waals surface area contributed by atoms with Crippen LogP contribution in [-0.4, -0.2) is 33.7 Å². The minimum Gasteiger partial charge on any atom is -0.350 e. The molecule has 2 aromatic rings. The van der Waals surface area contributed by atoms with Crippen LogP contribution in [-0.2, 0) is 9.59 Å². The Hall–Kier alpha value is -4.34. The number of non-ortho nitro benzene ring substituents is 2. The maximum Gasteiger partial charge on any atom is 0.270 e. The van der Waals surface area contributed by atoms with Crippen molar-refractivity contribution in [3.8, 4) is 0 Å². The fourth-order valence-corrected chi connectivity index (χ4v) is 5.88. The summed E-state index contributed by atoms with van der Waals surface area (Å²) in [7, 11) is 0. The van der Waals surface area contributed by atoms with E-state index in [-0.39, 0.29) is 35.3 Å². The molecule has 2 amide bonds. The van der Waals surface area contributed by atoms with Crippen molar-refractivity contribution < 1.29 is 19.4 Å². The number of nitro groups is 2. The van der Waals surface area contributed by atoms with Gasteiger partial charge >= 0.3 is 0 Å². The Labute approximate surface area is 239 Å². The van der Waals surface area contributed by atoms with Gasteiger partial charge in [-0.25, -0.2) is 0 Å². The number of carbonyl (C=O) groups excluding carboxylic acids is 2. The second kappa shape index (κ2) is 14.3. The van der Waals surface area contributed by atoms with E-state index in [9.17, 15) is 29.8 Å². The van der Waals surface area contributed by atoms with Crippen LogP contribution in [0.5, 0.6) is 0 Å². The van der Waals surface area contributed by atoms with Crippen molar-refractivity contribution in [3.63, 3.8) is 0 Å². The summed E-state index contributed by atoms with van der Waals surface area (Å²) in [4.78, 5) is 45.7. The SMILES string of the molecule is O=C(/C=C/c1cccc([N+](=O)[O-])c1)NC1CCC(CC2CCC(NC(=O)/C=C/c3cccc([N+](=O)[O-])c3)CC2)CC1. The smallest absolute Gasteiger partial charge is 0.270 e. The van der Waals surface area contributed by atoms with E-state index in [1.807, 2.05) is 0 Å². The third-order valence-corrected chi connectivity index (χ3v) is 8.07. The molecule has 2 saturated carbocycles. The summed E-state index contributed by atoms with van der Waals surface area (Å²) in [5, 5.41) is 28.0. The van der Waals surface area contributed by atoms with E-state index in [4.69, 9.17) is 0 Å². The molecule has 4 rings (SSSR count). The molecule has 10 heteroatoms. The van der Waals surface area contributed by atoms with E-state index in [0.29, 0.717) is 23.0 Å². The van der Waals surface area contributed by atoms with Crippen molar-refractivity contribution in [3.05, 3.63) is 92.0 Å². The van der Waals surface area contributed by atoms with Crippen molar-refractivity contribution in [2.75, 3.05) is 0 Å². The Bertz CT molecular complexity index is 1210. The highest BCUT2D eigenvalue weighted by molar-refractivity contribution is 5.92. The number of hydrogen-bond acceptors (Lipinski definition) is 6. The zero-order valence-electron chi connectivity index (χ0n) is 22.9. The van der Waals surface area contributed by atoms with E-state index in [0.717, 1.165) is 51.4 Å². The fraction of sp³-hybridized carbons (Fsp3) is 0.419. The van der Waals surface area contributed by atoms with Crippen LogP contribution in [0.4, 0.5) is 11.4 Å². The summed E-state index contributed by atoms with van der Waals surface area (Å²) in [5.74, 6) is 0.940. The lowest BCUT2D eigenvalue weighted by molar-refractivity contribution is -0.385. The normalized spacial score (nSPS) is 22.8. The first kappa shape index (κ1) is 29.6. The van der Waals surface area contributed by atoms with Crippen molar-refractivity contribution in [1.82, 2.24) is 10.6 Å². The number of amides is 2. The van der Waals surface area contributed by atoms with E-state index in [1.54, 1.807) is 36.4 Å². The van der Waals surface area contributed by atoms with Crippen LogP contribution in [0.3, 0.4) is 0 Å². The van der Waals surface area contributed by atoms with Gasteiger partial charge in [0.25, 0.3) is 11.4 Å². The molecular weight excluding hydrogens is 524 g/mol. The number of hydrogen-bond donors (Lipinski definition) is 2. The zero-order chi connectivity index (χ0) is 29.2. The largest absolute Gasteiger partial charge is 0.350 e. The molecule has 0 radical (unpaired) electrons. The summed E-state index contributed by atoms with van der Waals surface area (Å²) in [6.45, 7) is 0. The molecule has 41 heavy (non-hydrogen) atoms. The number of nitrogens with zero attached hydrogens (tertiary/aromatic N) is 2. The molecule has 0 bridgehead atoms.